The standard InChI is InChI=1S/C13H8ClN3/c14-13-16-7-5-12(17-13)10-3-1-2-9-4-6-15-8-11(9)10/h1-8H. The summed E-state index contributed by atoms with van der Waals surface area (Å²) < 4.78 is 0. The highest BCUT2D eigenvalue weighted by Crippen LogP contribution is 2.26. The van der Waals surface area contributed by atoms with Gasteiger partial charge in [0.25, 0.3) is 0 Å². The molecule has 0 saturated heterocycles. The molecule has 82 valence electrons. The molecule has 0 N–H and O–H groups in total. The number of hydrogen-bond donors (Lipinski definition) is 0. The minimum absolute atomic E-state index is 0.253. The lowest BCUT2D eigenvalue weighted by molar-refractivity contribution is 1.17. The van der Waals surface area contributed by atoms with Gasteiger partial charge in [0, 0.05) is 29.5 Å². The van der Waals surface area contributed by atoms with E-state index in [2.05, 4.69) is 15.0 Å². The van der Waals surface area contributed by atoms with E-state index >= 15 is 0 Å². The van der Waals surface area contributed by atoms with Crippen LogP contribution >= 0.6 is 11.6 Å². The van der Waals surface area contributed by atoms with Crippen LogP contribution in [0.25, 0.3) is 22.0 Å². The zero-order valence-corrected chi connectivity index (χ0v) is 9.59. The summed E-state index contributed by atoms with van der Waals surface area (Å²) in [4.78, 5) is 12.2. The second-order valence-corrected chi connectivity index (χ2v) is 3.95. The Kier molecular flexibility index (Phi) is 2.46. The molecule has 0 spiro atoms. The molecule has 0 radical (unpaired) electrons. The lowest BCUT2D eigenvalue weighted by Crippen LogP contribution is -1.88. The van der Waals surface area contributed by atoms with E-state index in [0.29, 0.717) is 0 Å². The first-order valence-electron chi connectivity index (χ1n) is 5.16. The van der Waals surface area contributed by atoms with E-state index in [1.807, 2.05) is 36.5 Å². The van der Waals surface area contributed by atoms with Crippen molar-refractivity contribution in [1.82, 2.24) is 15.0 Å². The zero-order valence-electron chi connectivity index (χ0n) is 8.84. The molecule has 0 fully saturated rings. The van der Waals surface area contributed by atoms with Crippen LogP contribution in [0.1, 0.15) is 0 Å². The molecule has 0 aliphatic rings. The molecule has 4 heteroatoms. The molecule has 2 aromatic heterocycles. The quantitative estimate of drug-likeness (QED) is 0.614. The van der Waals surface area contributed by atoms with Crippen LogP contribution in [-0.2, 0) is 0 Å². The predicted molar refractivity (Wildman–Crippen MR) is 67.8 cm³/mol. The second kappa shape index (κ2) is 4.11. The van der Waals surface area contributed by atoms with Crippen LogP contribution in [0.3, 0.4) is 0 Å². The number of hydrogen-bond acceptors (Lipinski definition) is 3. The van der Waals surface area contributed by atoms with E-state index < -0.39 is 0 Å². The van der Waals surface area contributed by atoms with E-state index in [0.717, 1.165) is 22.0 Å². The maximum atomic E-state index is 5.81. The molecule has 0 aliphatic carbocycles. The van der Waals surface area contributed by atoms with Crippen LogP contribution in [0.5, 0.6) is 0 Å². The van der Waals surface area contributed by atoms with Crippen LogP contribution in [0.4, 0.5) is 0 Å². The minimum Gasteiger partial charge on any atom is -0.264 e. The predicted octanol–water partition coefficient (Wildman–Crippen LogP) is 3.35. The third-order valence-corrected chi connectivity index (χ3v) is 2.77. The number of rotatable bonds is 1. The van der Waals surface area contributed by atoms with Crippen molar-refractivity contribution < 1.29 is 0 Å². The monoisotopic (exact) mass is 241 g/mol. The van der Waals surface area contributed by atoms with Crippen LogP contribution in [0.15, 0.2) is 48.9 Å². The molecule has 3 rings (SSSR count). The Morgan fingerprint density at radius 3 is 2.82 bits per heavy atom. The number of aromatic nitrogens is 3. The highest BCUT2D eigenvalue weighted by atomic mass is 35.5. The fraction of sp³-hybridized carbons (Fsp3) is 0. The molecule has 0 unspecified atom stereocenters. The van der Waals surface area contributed by atoms with Gasteiger partial charge < -0.3 is 0 Å². The summed E-state index contributed by atoms with van der Waals surface area (Å²) >= 11 is 5.81. The number of pyridine rings is 1. The number of nitrogens with zero attached hydrogens (tertiary/aromatic N) is 3. The van der Waals surface area contributed by atoms with Gasteiger partial charge in [0.15, 0.2) is 0 Å². The van der Waals surface area contributed by atoms with Gasteiger partial charge >= 0.3 is 0 Å². The van der Waals surface area contributed by atoms with Gasteiger partial charge in [0.2, 0.25) is 5.28 Å². The fourth-order valence-electron chi connectivity index (χ4n) is 1.82. The average Bonchev–Trinajstić information content (AvgIpc) is 2.38. The first-order chi connectivity index (χ1) is 8.34. The summed E-state index contributed by atoms with van der Waals surface area (Å²) in [7, 11) is 0. The molecule has 3 nitrogen and oxygen atoms in total. The molecule has 2 heterocycles. The largest absolute Gasteiger partial charge is 0.264 e. The molecule has 1 aromatic carbocycles. The molecule has 0 bridgehead atoms. The van der Waals surface area contributed by atoms with Gasteiger partial charge in [-0.25, -0.2) is 9.97 Å². The summed E-state index contributed by atoms with van der Waals surface area (Å²) in [5.74, 6) is 0. The van der Waals surface area contributed by atoms with Gasteiger partial charge in [0.1, 0.15) is 0 Å². The minimum atomic E-state index is 0.253. The van der Waals surface area contributed by atoms with Crippen molar-refractivity contribution in [2.75, 3.05) is 0 Å². The number of halogens is 1. The number of benzene rings is 1. The van der Waals surface area contributed by atoms with Gasteiger partial charge in [-0.3, -0.25) is 4.98 Å². The summed E-state index contributed by atoms with van der Waals surface area (Å²) in [6.07, 6.45) is 5.26. The van der Waals surface area contributed by atoms with Gasteiger partial charge in [-0.2, -0.15) is 0 Å². The van der Waals surface area contributed by atoms with Gasteiger partial charge in [-0.1, -0.05) is 18.2 Å². The maximum Gasteiger partial charge on any atom is 0.222 e. The molecule has 17 heavy (non-hydrogen) atoms. The van der Waals surface area contributed by atoms with Gasteiger partial charge in [0.05, 0.1) is 5.69 Å². The smallest absolute Gasteiger partial charge is 0.222 e. The van der Waals surface area contributed by atoms with Crippen LogP contribution < -0.4 is 0 Å². The van der Waals surface area contributed by atoms with Crippen molar-refractivity contribution in [1.29, 1.82) is 0 Å². The fourth-order valence-corrected chi connectivity index (χ4v) is 1.97. The first-order valence-corrected chi connectivity index (χ1v) is 5.54. The Morgan fingerprint density at radius 1 is 1.00 bits per heavy atom. The Labute approximate surface area is 103 Å². The van der Waals surface area contributed by atoms with Crippen LogP contribution in [-0.4, -0.2) is 15.0 Å². The third kappa shape index (κ3) is 1.85. The average molecular weight is 242 g/mol. The van der Waals surface area contributed by atoms with Crippen molar-refractivity contribution >= 4 is 22.4 Å². The van der Waals surface area contributed by atoms with Crippen LogP contribution in [0.2, 0.25) is 5.28 Å². The lowest BCUT2D eigenvalue weighted by Gasteiger charge is -2.05. The molecule has 0 saturated carbocycles. The van der Waals surface area contributed by atoms with E-state index in [1.165, 1.54) is 0 Å². The SMILES string of the molecule is Clc1nccc(-c2cccc3ccncc23)n1. The normalized spacial score (nSPS) is 10.6. The van der Waals surface area contributed by atoms with E-state index in [9.17, 15) is 0 Å². The molecule has 0 atom stereocenters. The van der Waals surface area contributed by atoms with E-state index in [4.69, 9.17) is 11.6 Å². The second-order valence-electron chi connectivity index (χ2n) is 3.61. The topological polar surface area (TPSA) is 38.7 Å². The highest BCUT2D eigenvalue weighted by molar-refractivity contribution is 6.28. The van der Waals surface area contributed by atoms with Crippen molar-refractivity contribution in [3.63, 3.8) is 0 Å². The summed E-state index contributed by atoms with van der Waals surface area (Å²) in [6.45, 7) is 0. The summed E-state index contributed by atoms with van der Waals surface area (Å²) in [5.41, 5.74) is 1.82. The highest BCUT2D eigenvalue weighted by Gasteiger charge is 2.05. The van der Waals surface area contributed by atoms with Crippen molar-refractivity contribution in [3.8, 4) is 11.3 Å². The maximum absolute atomic E-state index is 5.81. The molecular weight excluding hydrogens is 234 g/mol. The summed E-state index contributed by atoms with van der Waals surface area (Å²) in [5, 5.41) is 2.44. The lowest BCUT2D eigenvalue weighted by atomic mass is 10.0. The molecule has 0 aliphatic heterocycles. The zero-order chi connectivity index (χ0) is 11.7. The van der Waals surface area contributed by atoms with E-state index in [-0.39, 0.29) is 5.28 Å². The molecular formula is C13H8ClN3. The summed E-state index contributed by atoms with van der Waals surface area (Å²) in [6, 6.07) is 9.86. The Hall–Kier alpha value is -2.00. The third-order valence-electron chi connectivity index (χ3n) is 2.59. The Balaban J connectivity index is 2.30. The van der Waals surface area contributed by atoms with Gasteiger partial charge in [-0.05, 0) is 29.1 Å². The van der Waals surface area contributed by atoms with Crippen molar-refractivity contribution in [2.24, 2.45) is 0 Å². The van der Waals surface area contributed by atoms with Crippen molar-refractivity contribution in [2.45, 2.75) is 0 Å². The number of fused-ring (bicyclic) bond motifs is 1. The Morgan fingerprint density at radius 2 is 1.94 bits per heavy atom. The van der Waals surface area contributed by atoms with Gasteiger partial charge in [-0.15, -0.1) is 0 Å². The van der Waals surface area contributed by atoms with Crippen molar-refractivity contribution in [3.05, 3.63) is 54.2 Å². The van der Waals surface area contributed by atoms with E-state index in [1.54, 1.807) is 12.4 Å². The van der Waals surface area contributed by atoms with Crippen LogP contribution in [0, 0.1) is 0 Å². The first kappa shape index (κ1) is 10.2. The molecule has 0 amide bonds. The Bertz CT molecular complexity index is 677. The molecule has 3 aromatic rings.